The van der Waals surface area contributed by atoms with E-state index in [1.807, 2.05) is 13.8 Å². The Kier molecular flexibility index (Phi) is 16.0. The molecule has 10 nitrogen and oxygen atoms in total. The molecule has 2 atom stereocenters. The quantitative estimate of drug-likeness (QED) is 0.186. The molecule has 0 heterocycles. The zero-order valence-corrected chi connectivity index (χ0v) is 15.7. The summed E-state index contributed by atoms with van der Waals surface area (Å²) in [5.41, 5.74) is 11.4. The number of carbonyl (C=O) groups is 2. The minimum absolute atomic E-state index is 0.314. The smallest absolute Gasteiger partial charge is 0.465 e. The van der Waals surface area contributed by atoms with Crippen molar-refractivity contribution < 1.29 is 38.3 Å². The highest BCUT2D eigenvalue weighted by molar-refractivity contribution is 7.45. The average molecular weight is 386 g/mol. The topological polar surface area (TPSA) is 182 Å². The molecule has 0 saturated heterocycles. The Labute approximate surface area is 148 Å². The molecular weight excluding hydrogens is 355 g/mol. The number of hydrogen-bond donors (Lipinski definition) is 5. The molecule has 0 aromatic heterocycles. The Morgan fingerprint density at radius 1 is 0.880 bits per heavy atom. The van der Waals surface area contributed by atoms with Crippen LogP contribution in [0.3, 0.4) is 0 Å². The van der Waals surface area contributed by atoms with E-state index in [2.05, 4.69) is 0 Å². The number of ether oxygens (including phenoxy) is 2. The molecule has 2 unspecified atom stereocenters. The Morgan fingerprint density at radius 2 is 1.16 bits per heavy atom. The predicted octanol–water partition coefficient (Wildman–Crippen LogP) is 0.179. The van der Waals surface area contributed by atoms with Crippen molar-refractivity contribution in [3.8, 4) is 0 Å². The highest BCUT2D eigenvalue weighted by atomic mass is 31.2. The molecule has 0 saturated carbocycles. The van der Waals surface area contributed by atoms with Crippen molar-refractivity contribution in [1.29, 1.82) is 0 Å². The maximum atomic E-state index is 11.5. The fourth-order valence-electron chi connectivity index (χ4n) is 1.44. The van der Waals surface area contributed by atoms with Gasteiger partial charge in [0.15, 0.2) is 0 Å². The first-order valence-electron chi connectivity index (χ1n) is 8.15. The maximum Gasteiger partial charge on any atom is 0.466 e. The molecule has 0 aliphatic rings. The lowest BCUT2D eigenvalue weighted by Crippen LogP contribution is -2.37. The molecule has 25 heavy (non-hydrogen) atoms. The van der Waals surface area contributed by atoms with Crippen molar-refractivity contribution in [1.82, 2.24) is 0 Å². The molecular formula is C14H31N2O8P. The van der Waals surface area contributed by atoms with E-state index in [0.717, 1.165) is 25.7 Å². The molecule has 0 aliphatic heterocycles. The van der Waals surface area contributed by atoms with Crippen LogP contribution in [0.25, 0.3) is 0 Å². The van der Waals surface area contributed by atoms with E-state index in [0.29, 0.717) is 26.1 Å². The van der Waals surface area contributed by atoms with Crippen LogP contribution in [0.4, 0.5) is 0 Å². The van der Waals surface area contributed by atoms with Crippen LogP contribution in [-0.4, -0.2) is 51.9 Å². The van der Waals surface area contributed by atoms with Crippen LogP contribution in [0.2, 0.25) is 0 Å². The summed E-state index contributed by atoms with van der Waals surface area (Å²) in [6.45, 7) is 4.79. The highest BCUT2D eigenvalue weighted by Gasteiger charge is 2.20. The van der Waals surface area contributed by atoms with E-state index in [1.165, 1.54) is 0 Å². The summed E-state index contributed by atoms with van der Waals surface area (Å²) in [5, 5.41) is 0. The lowest BCUT2D eigenvalue weighted by atomic mass is 10.1. The van der Waals surface area contributed by atoms with Crippen LogP contribution in [0.15, 0.2) is 0 Å². The fourth-order valence-corrected chi connectivity index (χ4v) is 1.44. The van der Waals surface area contributed by atoms with Crippen molar-refractivity contribution in [2.75, 3.05) is 13.2 Å². The SMILES string of the molecule is CCCCOC(=O)C(N)CCC(N)C(=O)OCCCC.O=P(O)(O)O. The number of rotatable bonds is 11. The van der Waals surface area contributed by atoms with Gasteiger partial charge in [0.25, 0.3) is 0 Å². The number of esters is 2. The number of carbonyl (C=O) groups excluding carboxylic acids is 2. The minimum Gasteiger partial charge on any atom is -0.465 e. The van der Waals surface area contributed by atoms with Crippen LogP contribution in [-0.2, 0) is 23.6 Å². The molecule has 0 spiro atoms. The molecule has 0 fully saturated rings. The molecule has 11 heteroatoms. The number of phosphoric acid groups is 1. The van der Waals surface area contributed by atoms with Crippen LogP contribution >= 0.6 is 7.82 Å². The van der Waals surface area contributed by atoms with Gasteiger partial charge in [0.1, 0.15) is 12.1 Å². The van der Waals surface area contributed by atoms with Gasteiger partial charge in [-0.1, -0.05) is 26.7 Å². The van der Waals surface area contributed by atoms with Crippen molar-refractivity contribution in [2.45, 2.75) is 64.5 Å². The lowest BCUT2D eigenvalue weighted by Gasteiger charge is -2.14. The molecule has 0 rings (SSSR count). The van der Waals surface area contributed by atoms with Gasteiger partial charge in [-0.2, -0.15) is 0 Å². The first kappa shape index (κ1) is 26.2. The summed E-state index contributed by atoms with van der Waals surface area (Å²) in [6, 6.07) is -1.47. The summed E-state index contributed by atoms with van der Waals surface area (Å²) in [6.07, 6.45) is 4.18. The Hall–Kier alpha value is -1.03. The second-order valence-electron chi connectivity index (χ2n) is 5.35. The summed E-state index contributed by atoms with van der Waals surface area (Å²) < 4.78 is 18.9. The molecule has 0 aromatic carbocycles. The van der Waals surface area contributed by atoms with Crippen LogP contribution in [0.5, 0.6) is 0 Å². The van der Waals surface area contributed by atoms with Gasteiger partial charge in [0.05, 0.1) is 13.2 Å². The summed E-state index contributed by atoms with van der Waals surface area (Å²) >= 11 is 0. The predicted molar refractivity (Wildman–Crippen MR) is 91.2 cm³/mol. The molecule has 150 valence electrons. The highest BCUT2D eigenvalue weighted by Crippen LogP contribution is 2.25. The minimum atomic E-state index is -4.64. The molecule has 0 aliphatic carbocycles. The third-order valence-corrected chi connectivity index (χ3v) is 2.88. The first-order chi connectivity index (χ1) is 11.5. The zero-order valence-electron chi connectivity index (χ0n) is 14.8. The van der Waals surface area contributed by atoms with Crippen molar-refractivity contribution in [3.05, 3.63) is 0 Å². The van der Waals surface area contributed by atoms with Crippen LogP contribution in [0.1, 0.15) is 52.4 Å². The van der Waals surface area contributed by atoms with Gasteiger partial charge in [0, 0.05) is 0 Å². The number of hydrogen-bond acceptors (Lipinski definition) is 7. The van der Waals surface area contributed by atoms with Gasteiger partial charge in [-0.3, -0.25) is 9.59 Å². The van der Waals surface area contributed by atoms with Gasteiger partial charge < -0.3 is 35.6 Å². The van der Waals surface area contributed by atoms with Crippen molar-refractivity contribution >= 4 is 19.8 Å². The maximum absolute atomic E-state index is 11.5. The van der Waals surface area contributed by atoms with Crippen molar-refractivity contribution in [2.24, 2.45) is 11.5 Å². The summed E-state index contributed by atoms with van der Waals surface area (Å²) in [5.74, 6) is -0.880. The summed E-state index contributed by atoms with van der Waals surface area (Å²) in [7, 11) is -4.64. The van der Waals surface area contributed by atoms with Gasteiger partial charge in [-0.15, -0.1) is 0 Å². The molecule has 0 bridgehead atoms. The second kappa shape index (κ2) is 15.2. The normalized spacial score (nSPS) is 13.2. The largest absolute Gasteiger partial charge is 0.466 e. The van der Waals surface area contributed by atoms with Gasteiger partial charge in [-0.05, 0) is 25.7 Å². The molecule has 7 N–H and O–H groups in total. The van der Waals surface area contributed by atoms with E-state index in [9.17, 15) is 9.59 Å². The Balaban J connectivity index is 0. The van der Waals surface area contributed by atoms with Crippen LogP contribution < -0.4 is 11.5 Å². The van der Waals surface area contributed by atoms with Gasteiger partial charge in [0.2, 0.25) is 0 Å². The van der Waals surface area contributed by atoms with E-state index < -0.39 is 31.8 Å². The van der Waals surface area contributed by atoms with Gasteiger partial charge in [-0.25, -0.2) is 4.57 Å². The lowest BCUT2D eigenvalue weighted by molar-refractivity contribution is -0.147. The zero-order chi connectivity index (χ0) is 19.9. The molecule has 0 amide bonds. The standard InChI is InChI=1S/C14H28N2O4.H3O4P/c1-3-5-9-19-13(17)11(15)7-8-12(16)14(18)20-10-6-4-2;1-5(2,3)4/h11-12H,3-10,15-16H2,1-2H3;(H3,1,2,3,4). The van der Waals surface area contributed by atoms with E-state index in [4.69, 9.17) is 40.2 Å². The second-order valence-corrected chi connectivity index (χ2v) is 6.37. The van der Waals surface area contributed by atoms with E-state index >= 15 is 0 Å². The number of unbranched alkanes of at least 4 members (excludes halogenated alkanes) is 2. The molecule has 0 radical (unpaired) electrons. The van der Waals surface area contributed by atoms with E-state index in [-0.39, 0.29) is 0 Å². The Morgan fingerprint density at radius 3 is 1.40 bits per heavy atom. The number of nitrogens with two attached hydrogens (primary N) is 2. The summed E-state index contributed by atoms with van der Waals surface area (Å²) in [4.78, 5) is 44.6. The Bertz CT molecular complexity index is 379. The van der Waals surface area contributed by atoms with E-state index in [1.54, 1.807) is 0 Å². The monoisotopic (exact) mass is 386 g/mol. The van der Waals surface area contributed by atoms with Crippen molar-refractivity contribution in [3.63, 3.8) is 0 Å². The fraction of sp³-hybridized carbons (Fsp3) is 0.857. The average Bonchev–Trinajstić information content (AvgIpc) is 2.50. The van der Waals surface area contributed by atoms with Crippen LogP contribution in [0, 0.1) is 0 Å². The van der Waals surface area contributed by atoms with Gasteiger partial charge >= 0.3 is 19.8 Å². The third kappa shape index (κ3) is 20.9. The molecule has 0 aromatic rings. The third-order valence-electron chi connectivity index (χ3n) is 2.88. The first-order valence-corrected chi connectivity index (χ1v) is 9.72.